The molecule has 0 N–H and O–H groups in total. The van der Waals surface area contributed by atoms with Gasteiger partial charge >= 0.3 is 0 Å². The van der Waals surface area contributed by atoms with E-state index in [-0.39, 0.29) is 0 Å². The van der Waals surface area contributed by atoms with E-state index in [1.807, 2.05) is 0 Å². The third-order valence-electron chi connectivity index (χ3n) is 8.96. The molecule has 4 aliphatic rings. The van der Waals surface area contributed by atoms with Gasteiger partial charge in [-0.05, 0) is 91.3 Å². The van der Waals surface area contributed by atoms with Crippen LogP contribution in [-0.4, -0.2) is 6.29 Å². The van der Waals surface area contributed by atoms with Crippen molar-refractivity contribution >= 4 is 6.29 Å². The predicted molar refractivity (Wildman–Crippen MR) is 90.5 cm³/mol. The zero-order chi connectivity index (χ0) is 15.6. The first kappa shape index (κ1) is 15.2. The van der Waals surface area contributed by atoms with Crippen LogP contribution in [0.3, 0.4) is 0 Å². The van der Waals surface area contributed by atoms with Gasteiger partial charge in [-0.2, -0.15) is 0 Å². The highest BCUT2D eigenvalue weighted by Gasteiger charge is 2.64. The lowest BCUT2D eigenvalue weighted by Gasteiger charge is -2.64. The van der Waals surface area contributed by atoms with Crippen LogP contribution in [0.25, 0.3) is 0 Å². The van der Waals surface area contributed by atoms with Gasteiger partial charge in [-0.25, -0.2) is 0 Å². The summed E-state index contributed by atoms with van der Waals surface area (Å²) in [4.78, 5) is 11.7. The van der Waals surface area contributed by atoms with E-state index >= 15 is 0 Å². The molecule has 0 amide bonds. The van der Waals surface area contributed by atoms with E-state index in [2.05, 4.69) is 20.8 Å². The summed E-state index contributed by atoms with van der Waals surface area (Å²) in [6.45, 7) is 7.50. The maximum atomic E-state index is 11.7. The molecule has 4 rings (SSSR count). The zero-order valence-corrected chi connectivity index (χ0v) is 14.9. The van der Waals surface area contributed by atoms with E-state index in [0.717, 1.165) is 30.1 Å². The molecule has 1 nitrogen and oxygen atoms in total. The van der Waals surface area contributed by atoms with Gasteiger partial charge in [0.15, 0.2) is 0 Å². The second kappa shape index (κ2) is 4.84. The second-order valence-electron chi connectivity index (χ2n) is 10.2. The van der Waals surface area contributed by atoms with Crippen LogP contribution in [0.4, 0.5) is 0 Å². The van der Waals surface area contributed by atoms with Gasteiger partial charge in [0.05, 0.1) is 0 Å². The van der Waals surface area contributed by atoms with Gasteiger partial charge in [-0.15, -0.1) is 0 Å². The second-order valence-corrected chi connectivity index (χ2v) is 10.2. The smallest absolute Gasteiger partial charge is 0.120 e. The van der Waals surface area contributed by atoms with Crippen molar-refractivity contribution in [3.63, 3.8) is 0 Å². The first-order chi connectivity index (χ1) is 10.4. The van der Waals surface area contributed by atoms with Crippen LogP contribution >= 0.6 is 0 Å². The molecule has 2 bridgehead atoms. The van der Waals surface area contributed by atoms with Gasteiger partial charge < -0.3 is 4.79 Å². The molecule has 0 aromatic carbocycles. The van der Waals surface area contributed by atoms with Crippen molar-refractivity contribution in [3.8, 4) is 0 Å². The number of rotatable bonds is 2. The lowest BCUT2D eigenvalue weighted by Crippen LogP contribution is -2.57. The Balaban J connectivity index is 1.77. The maximum Gasteiger partial charge on any atom is 0.120 e. The summed E-state index contributed by atoms with van der Waals surface area (Å²) in [6, 6.07) is 0. The minimum Gasteiger partial charge on any atom is -0.303 e. The van der Waals surface area contributed by atoms with Gasteiger partial charge in [0.2, 0.25) is 0 Å². The van der Waals surface area contributed by atoms with Gasteiger partial charge in [-0.1, -0.05) is 27.2 Å². The van der Waals surface area contributed by atoms with Crippen molar-refractivity contribution in [2.24, 2.45) is 39.9 Å². The summed E-state index contributed by atoms with van der Waals surface area (Å²) in [5, 5.41) is 0. The molecule has 4 fully saturated rings. The fraction of sp³-hybridized carbons (Fsp3) is 0.952. The fourth-order valence-electron chi connectivity index (χ4n) is 8.32. The molecule has 0 unspecified atom stereocenters. The quantitative estimate of drug-likeness (QED) is 0.605. The number of carbonyl (C=O) groups excluding carboxylic acids is 1. The lowest BCUT2D eigenvalue weighted by atomic mass is 9.40. The van der Waals surface area contributed by atoms with Crippen molar-refractivity contribution in [1.82, 2.24) is 0 Å². The molecule has 0 aromatic heterocycles. The van der Waals surface area contributed by atoms with Crippen LogP contribution in [0, 0.1) is 39.9 Å². The Bertz CT molecular complexity index is 463. The van der Waals surface area contributed by atoms with Gasteiger partial charge in [0.25, 0.3) is 0 Å². The van der Waals surface area contributed by atoms with E-state index < -0.39 is 0 Å². The summed E-state index contributed by atoms with van der Waals surface area (Å²) in [6.07, 6.45) is 14.9. The van der Waals surface area contributed by atoms with Crippen molar-refractivity contribution in [3.05, 3.63) is 0 Å². The Hall–Kier alpha value is -0.330. The standard InChI is InChI=1S/C21H34O/c1-15-13-20-10-7-17-19(2,3)8-4-9-21(17,11-12-22)18(20)6-5-16(15)14-20/h12,15-18H,4-11,13-14H2,1-3H3/t15-,16+,17+,18-,20+,21+/m1/s1. The third-order valence-corrected chi connectivity index (χ3v) is 8.96. The number of carbonyl (C=O) groups is 1. The first-order valence-corrected chi connectivity index (χ1v) is 9.87. The summed E-state index contributed by atoms with van der Waals surface area (Å²) in [7, 11) is 0. The highest BCUT2D eigenvalue weighted by atomic mass is 16.1. The molecular weight excluding hydrogens is 268 g/mol. The van der Waals surface area contributed by atoms with Crippen molar-refractivity contribution < 1.29 is 4.79 Å². The molecule has 4 aliphatic carbocycles. The van der Waals surface area contributed by atoms with Crippen LogP contribution in [0.2, 0.25) is 0 Å². The summed E-state index contributed by atoms with van der Waals surface area (Å²) in [5.74, 6) is 3.58. The Kier molecular flexibility index (Phi) is 3.34. The SMILES string of the molecule is C[C@@H]1C[C@]23CC[C@H]4C(C)(C)CCC[C@@]4(CC=O)[C@@H]2CC[C@H]1C3. The Morgan fingerprint density at radius 2 is 1.82 bits per heavy atom. The minimum absolute atomic E-state index is 0.358. The number of fused-ring (bicyclic) bond motifs is 3. The molecule has 0 radical (unpaired) electrons. The van der Waals surface area contributed by atoms with Crippen LogP contribution in [-0.2, 0) is 4.79 Å². The van der Waals surface area contributed by atoms with Crippen molar-refractivity contribution in [2.75, 3.05) is 0 Å². The topological polar surface area (TPSA) is 17.1 Å². The Labute approximate surface area is 136 Å². The minimum atomic E-state index is 0.358. The van der Waals surface area contributed by atoms with Gasteiger partial charge in [-0.3, -0.25) is 0 Å². The normalized spacial score (nSPS) is 52.7. The molecule has 1 heteroatoms. The number of hydrogen-bond donors (Lipinski definition) is 0. The van der Waals surface area contributed by atoms with Crippen molar-refractivity contribution in [1.29, 1.82) is 0 Å². The fourth-order valence-corrected chi connectivity index (χ4v) is 8.32. The molecule has 0 heterocycles. The average Bonchev–Trinajstić information content (AvgIpc) is 2.68. The molecule has 22 heavy (non-hydrogen) atoms. The molecule has 0 saturated heterocycles. The van der Waals surface area contributed by atoms with Crippen LogP contribution in [0.15, 0.2) is 0 Å². The largest absolute Gasteiger partial charge is 0.303 e. The highest BCUT2D eigenvalue weighted by molar-refractivity contribution is 5.51. The third kappa shape index (κ3) is 1.86. The van der Waals surface area contributed by atoms with Crippen LogP contribution in [0.5, 0.6) is 0 Å². The molecule has 1 spiro atoms. The van der Waals surface area contributed by atoms with E-state index in [4.69, 9.17) is 0 Å². The zero-order valence-electron chi connectivity index (χ0n) is 14.9. The van der Waals surface area contributed by atoms with Gasteiger partial charge in [0.1, 0.15) is 6.29 Å². The first-order valence-electron chi connectivity index (χ1n) is 9.87. The average molecular weight is 303 g/mol. The summed E-state index contributed by atoms with van der Waals surface area (Å²) < 4.78 is 0. The molecule has 6 atom stereocenters. The van der Waals surface area contributed by atoms with Crippen LogP contribution < -0.4 is 0 Å². The molecule has 124 valence electrons. The predicted octanol–water partition coefficient (Wildman–Crippen LogP) is 5.62. The van der Waals surface area contributed by atoms with Gasteiger partial charge in [0, 0.05) is 6.42 Å². The Morgan fingerprint density at radius 1 is 1.00 bits per heavy atom. The summed E-state index contributed by atoms with van der Waals surface area (Å²) >= 11 is 0. The highest BCUT2D eigenvalue weighted by Crippen LogP contribution is 2.73. The van der Waals surface area contributed by atoms with E-state index in [0.29, 0.717) is 16.2 Å². The maximum absolute atomic E-state index is 11.7. The van der Waals surface area contributed by atoms with Crippen molar-refractivity contribution in [2.45, 2.75) is 85.0 Å². The molecule has 4 saturated carbocycles. The molecular formula is C21H34O. The molecule has 0 aromatic rings. The van der Waals surface area contributed by atoms with E-state index in [1.54, 1.807) is 0 Å². The Morgan fingerprint density at radius 3 is 2.59 bits per heavy atom. The summed E-state index contributed by atoms with van der Waals surface area (Å²) in [5.41, 5.74) is 1.43. The molecule has 0 aliphatic heterocycles. The van der Waals surface area contributed by atoms with Crippen LogP contribution in [0.1, 0.15) is 85.0 Å². The number of hydrogen-bond acceptors (Lipinski definition) is 1. The monoisotopic (exact) mass is 302 g/mol. The lowest BCUT2D eigenvalue weighted by molar-refractivity contribution is -0.160. The number of aldehydes is 1. The van der Waals surface area contributed by atoms with E-state index in [1.165, 1.54) is 64.1 Å². The van der Waals surface area contributed by atoms with E-state index in [9.17, 15) is 4.79 Å².